The molecular formula is C15H23NO4. The molecular weight excluding hydrogens is 258 g/mol. The molecule has 1 saturated heterocycles. The normalized spacial score (nSPS) is 18.9. The molecule has 1 aliphatic heterocycles. The van der Waals surface area contributed by atoms with Crippen molar-refractivity contribution in [1.29, 1.82) is 0 Å². The summed E-state index contributed by atoms with van der Waals surface area (Å²) in [5.74, 6) is 0.878. The number of rotatable bonds is 2. The first-order chi connectivity index (χ1) is 9.92. The molecule has 1 aromatic rings. The molecule has 5 heteroatoms. The van der Waals surface area contributed by atoms with Gasteiger partial charge >= 0.3 is 0 Å². The maximum absolute atomic E-state index is 5.58. The predicted molar refractivity (Wildman–Crippen MR) is 77.7 cm³/mol. The van der Waals surface area contributed by atoms with Crippen LogP contribution in [0.1, 0.15) is 0 Å². The molecule has 1 heterocycles. The second-order valence-electron chi connectivity index (χ2n) is 4.50. The SMILES string of the molecule is COc1ccccc1N1CCOCCOCCOCC1. The Hall–Kier alpha value is -1.30. The van der Waals surface area contributed by atoms with Crippen LogP contribution in [-0.2, 0) is 14.2 Å². The zero-order valence-corrected chi connectivity index (χ0v) is 12.0. The summed E-state index contributed by atoms with van der Waals surface area (Å²) in [6.45, 7) is 5.45. The molecule has 0 bridgehead atoms. The van der Waals surface area contributed by atoms with Crippen LogP contribution in [0.25, 0.3) is 0 Å². The van der Waals surface area contributed by atoms with Gasteiger partial charge in [-0.05, 0) is 12.1 Å². The Morgan fingerprint density at radius 3 is 2.00 bits per heavy atom. The van der Waals surface area contributed by atoms with Gasteiger partial charge in [0.1, 0.15) is 5.75 Å². The number of nitrogens with zero attached hydrogens (tertiary/aromatic N) is 1. The fraction of sp³-hybridized carbons (Fsp3) is 0.600. The van der Waals surface area contributed by atoms with Gasteiger partial charge in [0.15, 0.2) is 0 Å². The highest BCUT2D eigenvalue weighted by atomic mass is 16.5. The topological polar surface area (TPSA) is 40.2 Å². The van der Waals surface area contributed by atoms with Crippen molar-refractivity contribution >= 4 is 5.69 Å². The second-order valence-corrected chi connectivity index (χ2v) is 4.50. The average molecular weight is 281 g/mol. The fourth-order valence-electron chi connectivity index (χ4n) is 2.14. The molecule has 112 valence electrons. The summed E-state index contributed by atoms with van der Waals surface area (Å²) in [7, 11) is 1.69. The van der Waals surface area contributed by atoms with Crippen molar-refractivity contribution < 1.29 is 18.9 Å². The Balaban J connectivity index is 2.01. The van der Waals surface area contributed by atoms with Gasteiger partial charge in [0, 0.05) is 13.1 Å². The number of hydrogen-bond donors (Lipinski definition) is 0. The van der Waals surface area contributed by atoms with Crippen LogP contribution in [0.4, 0.5) is 5.69 Å². The van der Waals surface area contributed by atoms with Crippen LogP contribution in [0.15, 0.2) is 24.3 Å². The molecule has 0 unspecified atom stereocenters. The largest absolute Gasteiger partial charge is 0.495 e. The molecule has 5 nitrogen and oxygen atoms in total. The number of ether oxygens (including phenoxy) is 4. The lowest BCUT2D eigenvalue weighted by atomic mass is 10.2. The van der Waals surface area contributed by atoms with E-state index < -0.39 is 0 Å². The molecule has 0 aliphatic carbocycles. The maximum Gasteiger partial charge on any atom is 0.142 e. The van der Waals surface area contributed by atoms with Gasteiger partial charge in [0.05, 0.1) is 52.4 Å². The van der Waals surface area contributed by atoms with Crippen LogP contribution in [0.2, 0.25) is 0 Å². The van der Waals surface area contributed by atoms with Crippen LogP contribution in [0.5, 0.6) is 5.75 Å². The van der Waals surface area contributed by atoms with E-state index in [1.54, 1.807) is 7.11 Å². The molecule has 0 amide bonds. The number of benzene rings is 1. The van der Waals surface area contributed by atoms with Crippen molar-refractivity contribution in [1.82, 2.24) is 0 Å². The summed E-state index contributed by atoms with van der Waals surface area (Å²) in [5.41, 5.74) is 1.08. The summed E-state index contributed by atoms with van der Waals surface area (Å²) in [6, 6.07) is 8.03. The van der Waals surface area contributed by atoms with E-state index >= 15 is 0 Å². The highest BCUT2D eigenvalue weighted by Gasteiger charge is 2.11. The van der Waals surface area contributed by atoms with Gasteiger partial charge in [-0.1, -0.05) is 12.1 Å². The lowest BCUT2D eigenvalue weighted by Gasteiger charge is -2.26. The van der Waals surface area contributed by atoms with E-state index in [0.29, 0.717) is 39.6 Å². The molecule has 0 N–H and O–H groups in total. The highest BCUT2D eigenvalue weighted by molar-refractivity contribution is 5.58. The standard InChI is InChI=1S/C15H23NO4/c1-17-15-5-3-2-4-14(15)16-6-8-18-10-12-20-13-11-19-9-7-16/h2-5H,6-13H2,1H3. The third-order valence-electron chi connectivity index (χ3n) is 3.18. The minimum absolute atomic E-state index is 0.623. The third-order valence-corrected chi connectivity index (χ3v) is 3.18. The molecule has 0 saturated carbocycles. The van der Waals surface area contributed by atoms with Crippen LogP contribution in [-0.4, -0.2) is 59.8 Å². The van der Waals surface area contributed by atoms with Crippen molar-refractivity contribution in [3.63, 3.8) is 0 Å². The monoisotopic (exact) mass is 281 g/mol. The van der Waals surface area contributed by atoms with Crippen molar-refractivity contribution in [3.8, 4) is 5.75 Å². The average Bonchev–Trinajstić information content (AvgIpc) is 2.48. The van der Waals surface area contributed by atoms with Gasteiger partial charge in [-0.25, -0.2) is 0 Å². The zero-order chi connectivity index (χ0) is 14.0. The zero-order valence-electron chi connectivity index (χ0n) is 12.0. The maximum atomic E-state index is 5.58. The molecule has 20 heavy (non-hydrogen) atoms. The van der Waals surface area contributed by atoms with E-state index in [-0.39, 0.29) is 0 Å². The van der Waals surface area contributed by atoms with Gasteiger partial charge in [-0.15, -0.1) is 0 Å². The molecule has 1 aliphatic rings. The van der Waals surface area contributed by atoms with Gasteiger partial charge in [0.25, 0.3) is 0 Å². The minimum Gasteiger partial charge on any atom is -0.495 e. The lowest BCUT2D eigenvalue weighted by Crippen LogP contribution is -2.32. The molecule has 1 fully saturated rings. The molecule has 2 rings (SSSR count). The fourth-order valence-corrected chi connectivity index (χ4v) is 2.14. The van der Waals surface area contributed by atoms with Crippen molar-refractivity contribution in [2.24, 2.45) is 0 Å². The number of para-hydroxylation sites is 2. The van der Waals surface area contributed by atoms with E-state index in [2.05, 4.69) is 11.0 Å². The smallest absolute Gasteiger partial charge is 0.142 e. The Morgan fingerprint density at radius 1 is 0.850 bits per heavy atom. The van der Waals surface area contributed by atoms with Gasteiger partial charge in [0.2, 0.25) is 0 Å². The summed E-state index contributed by atoms with van der Waals surface area (Å²) in [4.78, 5) is 2.24. The highest BCUT2D eigenvalue weighted by Crippen LogP contribution is 2.27. The minimum atomic E-state index is 0.623. The molecule has 1 aromatic carbocycles. The Bertz CT molecular complexity index is 374. The number of methoxy groups -OCH3 is 1. The summed E-state index contributed by atoms with van der Waals surface area (Å²) in [6.07, 6.45) is 0. The number of anilines is 1. The first-order valence-electron chi connectivity index (χ1n) is 7.03. The van der Waals surface area contributed by atoms with E-state index in [0.717, 1.165) is 24.5 Å². The van der Waals surface area contributed by atoms with Crippen LogP contribution in [0, 0.1) is 0 Å². The Morgan fingerprint density at radius 2 is 1.40 bits per heavy atom. The third kappa shape index (κ3) is 4.67. The molecule has 0 aromatic heterocycles. The van der Waals surface area contributed by atoms with Crippen LogP contribution >= 0.6 is 0 Å². The summed E-state index contributed by atoms with van der Waals surface area (Å²) in [5, 5.41) is 0. The molecule has 0 atom stereocenters. The van der Waals surface area contributed by atoms with Gasteiger partial charge < -0.3 is 23.8 Å². The van der Waals surface area contributed by atoms with Crippen molar-refractivity contribution in [2.45, 2.75) is 0 Å². The van der Waals surface area contributed by atoms with E-state index in [9.17, 15) is 0 Å². The van der Waals surface area contributed by atoms with E-state index in [4.69, 9.17) is 18.9 Å². The Labute approximate surface area is 120 Å². The quantitative estimate of drug-likeness (QED) is 0.823. The van der Waals surface area contributed by atoms with E-state index in [1.165, 1.54) is 0 Å². The van der Waals surface area contributed by atoms with Crippen molar-refractivity contribution in [3.05, 3.63) is 24.3 Å². The molecule has 0 radical (unpaired) electrons. The second kappa shape index (κ2) is 8.79. The summed E-state index contributed by atoms with van der Waals surface area (Å²) >= 11 is 0. The van der Waals surface area contributed by atoms with E-state index in [1.807, 2.05) is 18.2 Å². The lowest BCUT2D eigenvalue weighted by molar-refractivity contribution is 0.0126. The predicted octanol–water partition coefficient (Wildman–Crippen LogP) is 1.56. The Kier molecular flexibility index (Phi) is 6.63. The number of hydrogen-bond acceptors (Lipinski definition) is 5. The van der Waals surface area contributed by atoms with Gasteiger partial charge in [-0.3, -0.25) is 0 Å². The first kappa shape index (κ1) is 15.1. The molecule has 0 spiro atoms. The van der Waals surface area contributed by atoms with Gasteiger partial charge in [-0.2, -0.15) is 0 Å². The first-order valence-corrected chi connectivity index (χ1v) is 7.03. The summed E-state index contributed by atoms with van der Waals surface area (Å²) < 4.78 is 22.0. The van der Waals surface area contributed by atoms with Crippen LogP contribution in [0.3, 0.4) is 0 Å². The van der Waals surface area contributed by atoms with Crippen molar-refractivity contribution in [2.75, 3.05) is 64.7 Å². The van der Waals surface area contributed by atoms with Crippen LogP contribution < -0.4 is 9.64 Å².